The van der Waals surface area contributed by atoms with Crippen LogP contribution in [0.2, 0.25) is 0 Å². The number of nitrogens with zero attached hydrogens (tertiary/aromatic N) is 2. The van der Waals surface area contributed by atoms with Gasteiger partial charge in [0.1, 0.15) is 0 Å². The second-order valence-corrected chi connectivity index (χ2v) is 5.97. The molecule has 0 heterocycles. The molecule has 1 aromatic rings. The Labute approximate surface area is 145 Å². The first kappa shape index (κ1) is 21.0. The predicted octanol–water partition coefficient (Wildman–Crippen LogP) is 2.52. The maximum Gasteiger partial charge on any atom is 0.416 e. The summed E-state index contributed by atoms with van der Waals surface area (Å²) in [4.78, 5) is 26.9. The molecular formula is C17H24F3N3O2. The smallest absolute Gasteiger partial charge is 0.356 e. The van der Waals surface area contributed by atoms with Gasteiger partial charge in [0, 0.05) is 32.1 Å². The van der Waals surface area contributed by atoms with E-state index in [1.54, 1.807) is 0 Å². The molecule has 0 aromatic heterocycles. The standard InChI is InChI=1S/C17H24F3N3O2/c1-13(24)23(12-9-16(25)21-10-4-11-22(2)3)15-7-5-14(6-8-15)17(18,19)20/h5-8H,4,9-12H2,1-3H3,(H,21,25). The first-order valence-corrected chi connectivity index (χ1v) is 7.98. The van der Waals surface area contributed by atoms with E-state index < -0.39 is 11.7 Å². The van der Waals surface area contributed by atoms with Crippen molar-refractivity contribution in [2.45, 2.75) is 25.9 Å². The number of hydrogen-bond donors (Lipinski definition) is 1. The minimum atomic E-state index is -4.42. The lowest BCUT2D eigenvalue weighted by molar-refractivity contribution is -0.137. The highest BCUT2D eigenvalue weighted by molar-refractivity contribution is 5.92. The number of nitrogens with one attached hydrogen (secondary N) is 1. The number of anilines is 1. The third-order valence-electron chi connectivity index (χ3n) is 3.55. The van der Waals surface area contributed by atoms with Crippen molar-refractivity contribution >= 4 is 17.5 Å². The van der Waals surface area contributed by atoms with Crippen LogP contribution in [-0.4, -0.2) is 50.4 Å². The summed E-state index contributed by atoms with van der Waals surface area (Å²) in [6.45, 7) is 2.82. The third-order valence-corrected chi connectivity index (χ3v) is 3.55. The van der Waals surface area contributed by atoms with Crippen LogP contribution in [0.5, 0.6) is 0 Å². The van der Waals surface area contributed by atoms with Crippen LogP contribution in [0.3, 0.4) is 0 Å². The minimum absolute atomic E-state index is 0.0859. The van der Waals surface area contributed by atoms with Crippen LogP contribution in [-0.2, 0) is 15.8 Å². The van der Waals surface area contributed by atoms with Crippen molar-refractivity contribution in [2.75, 3.05) is 38.6 Å². The number of carbonyl (C=O) groups is 2. The van der Waals surface area contributed by atoms with Gasteiger partial charge in [-0.05, 0) is 51.3 Å². The topological polar surface area (TPSA) is 52.7 Å². The summed E-state index contributed by atoms with van der Waals surface area (Å²) < 4.78 is 37.8. The third kappa shape index (κ3) is 7.55. The zero-order valence-corrected chi connectivity index (χ0v) is 14.7. The summed E-state index contributed by atoms with van der Waals surface area (Å²) in [6, 6.07) is 4.32. The molecule has 2 amide bonds. The van der Waals surface area contributed by atoms with E-state index in [4.69, 9.17) is 0 Å². The van der Waals surface area contributed by atoms with Crippen LogP contribution in [0.4, 0.5) is 18.9 Å². The molecular weight excluding hydrogens is 335 g/mol. The largest absolute Gasteiger partial charge is 0.416 e. The van der Waals surface area contributed by atoms with E-state index in [0.717, 1.165) is 25.1 Å². The maximum atomic E-state index is 12.6. The number of rotatable bonds is 8. The molecule has 0 aliphatic carbocycles. The number of benzene rings is 1. The van der Waals surface area contributed by atoms with Gasteiger partial charge in [0.05, 0.1) is 5.56 Å². The number of carbonyl (C=O) groups excluding carboxylic acids is 2. The van der Waals surface area contributed by atoms with Gasteiger partial charge in [-0.25, -0.2) is 0 Å². The summed E-state index contributed by atoms with van der Waals surface area (Å²) in [7, 11) is 3.88. The van der Waals surface area contributed by atoms with Crippen LogP contribution in [0.25, 0.3) is 0 Å². The summed E-state index contributed by atoms with van der Waals surface area (Å²) in [5.74, 6) is -0.530. The summed E-state index contributed by atoms with van der Waals surface area (Å²) in [5, 5.41) is 2.76. The van der Waals surface area contributed by atoms with Gasteiger partial charge in [-0.3, -0.25) is 9.59 Å². The Balaban J connectivity index is 2.57. The van der Waals surface area contributed by atoms with Gasteiger partial charge in [-0.15, -0.1) is 0 Å². The molecule has 0 fully saturated rings. The molecule has 0 radical (unpaired) electrons. The Morgan fingerprint density at radius 3 is 2.16 bits per heavy atom. The van der Waals surface area contributed by atoms with E-state index in [1.165, 1.54) is 24.0 Å². The van der Waals surface area contributed by atoms with E-state index in [0.29, 0.717) is 12.2 Å². The molecule has 0 aliphatic heterocycles. The molecule has 0 bridgehead atoms. The first-order chi connectivity index (χ1) is 11.6. The molecule has 1 N–H and O–H groups in total. The number of halogens is 3. The highest BCUT2D eigenvalue weighted by Gasteiger charge is 2.30. The number of hydrogen-bond acceptors (Lipinski definition) is 3. The van der Waals surface area contributed by atoms with E-state index in [1.807, 2.05) is 19.0 Å². The average Bonchev–Trinajstić information content (AvgIpc) is 2.51. The van der Waals surface area contributed by atoms with E-state index in [9.17, 15) is 22.8 Å². The van der Waals surface area contributed by atoms with Gasteiger partial charge in [0.25, 0.3) is 0 Å². The average molecular weight is 359 g/mol. The fourth-order valence-electron chi connectivity index (χ4n) is 2.22. The van der Waals surface area contributed by atoms with E-state index in [-0.39, 0.29) is 24.8 Å². The second kappa shape index (κ2) is 9.41. The maximum absolute atomic E-state index is 12.6. The van der Waals surface area contributed by atoms with E-state index in [2.05, 4.69) is 5.32 Å². The fourth-order valence-corrected chi connectivity index (χ4v) is 2.22. The second-order valence-electron chi connectivity index (χ2n) is 5.97. The quantitative estimate of drug-likeness (QED) is 0.726. The van der Waals surface area contributed by atoms with Gasteiger partial charge in [-0.2, -0.15) is 13.2 Å². The fraction of sp³-hybridized carbons (Fsp3) is 0.529. The van der Waals surface area contributed by atoms with Gasteiger partial charge in [-0.1, -0.05) is 0 Å². The van der Waals surface area contributed by atoms with Crippen LogP contribution < -0.4 is 10.2 Å². The summed E-state index contributed by atoms with van der Waals surface area (Å²) in [6.07, 6.45) is -3.53. The minimum Gasteiger partial charge on any atom is -0.356 e. The van der Waals surface area contributed by atoms with Crippen molar-refractivity contribution in [3.8, 4) is 0 Å². The normalized spacial score (nSPS) is 11.5. The monoisotopic (exact) mass is 359 g/mol. The number of alkyl halides is 3. The van der Waals surface area contributed by atoms with Crippen molar-refractivity contribution in [2.24, 2.45) is 0 Å². The summed E-state index contributed by atoms with van der Waals surface area (Å²) in [5.41, 5.74) is -0.445. The molecule has 0 saturated carbocycles. The Kier molecular flexibility index (Phi) is 7.89. The van der Waals surface area contributed by atoms with Crippen molar-refractivity contribution in [1.29, 1.82) is 0 Å². The molecule has 0 saturated heterocycles. The molecule has 8 heteroatoms. The highest BCUT2D eigenvalue weighted by atomic mass is 19.4. The van der Waals surface area contributed by atoms with Crippen molar-refractivity contribution in [3.63, 3.8) is 0 Å². The molecule has 0 atom stereocenters. The van der Waals surface area contributed by atoms with Crippen molar-refractivity contribution in [3.05, 3.63) is 29.8 Å². The molecule has 1 rings (SSSR count). The van der Waals surface area contributed by atoms with Crippen LogP contribution in [0.15, 0.2) is 24.3 Å². The number of amides is 2. The lowest BCUT2D eigenvalue weighted by Crippen LogP contribution is -2.34. The van der Waals surface area contributed by atoms with Gasteiger partial charge in [0.15, 0.2) is 0 Å². The zero-order chi connectivity index (χ0) is 19.0. The van der Waals surface area contributed by atoms with Gasteiger partial charge < -0.3 is 15.1 Å². The van der Waals surface area contributed by atoms with Crippen LogP contribution in [0, 0.1) is 0 Å². The molecule has 5 nitrogen and oxygen atoms in total. The van der Waals surface area contributed by atoms with Crippen molar-refractivity contribution in [1.82, 2.24) is 10.2 Å². The van der Waals surface area contributed by atoms with Crippen LogP contribution in [0.1, 0.15) is 25.3 Å². The molecule has 0 spiro atoms. The SMILES string of the molecule is CC(=O)N(CCC(=O)NCCCN(C)C)c1ccc(C(F)(F)F)cc1. The molecule has 0 unspecified atom stereocenters. The van der Waals surface area contributed by atoms with Crippen LogP contribution >= 0.6 is 0 Å². The lowest BCUT2D eigenvalue weighted by Gasteiger charge is -2.21. The Morgan fingerprint density at radius 2 is 1.68 bits per heavy atom. The summed E-state index contributed by atoms with van der Waals surface area (Å²) >= 11 is 0. The first-order valence-electron chi connectivity index (χ1n) is 7.98. The van der Waals surface area contributed by atoms with Gasteiger partial charge >= 0.3 is 6.18 Å². The molecule has 1 aromatic carbocycles. The Bertz CT molecular complexity index is 571. The highest BCUT2D eigenvalue weighted by Crippen LogP contribution is 2.30. The van der Waals surface area contributed by atoms with E-state index >= 15 is 0 Å². The lowest BCUT2D eigenvalue weighted by atomic mass is 10.2. The predicted molar refractivity (Wildman–Crippen MR) is 90.3 cm³/mol. The zero-order valence-electron chi connectivity index (χ0n) is 14.7. The molecule has 0 aliphatic rings. The molecule has 25 heavy (non-hydrogen) atoms. The van der Waals surface area contributed by atoms with Gasteiger partial charge in [0.2, 0.25) is 11.8 Å². The Hall–Kier alpha value is -2.09. The van der Waals surface area contributed by atoms with Crippen molar-refractivity contribution < 1.29 is 22.8 Å². The molecule has 140 valence electrons. The Morgan fingerprint density at radius 1 is 1.08 bits per heavy atom.